The summed E-state index contributed by atoms with van der Waals surface area (Å²) >= 11 is 5.53. The largest absolute Gasteiger partial charge is 0.352 e. The molecule has 4 heteroatoms. The average Bonchev–Trinajstić information content (AvgIpc) is 2.22. The molecule has 0 saturated heterocycles. The zero-order valence-corrected chi connectivity index (χ0v) is 12.3. The maximum Gasteiger partial charge on any atom is 0.252 e. The normalized spacial score (nSPS) is 10.1. The standard InChI is InChI=1S/C11H13BrINO/c1-2-3-6-14-11(15)9-7-8(12)4-5-10(9)13/h4-5,7H,2-3,6H2,1H3,(H,14,15). The third-order valence-corrected chi connectivity index (χ3v) is 3.42. The number of hydrogen-bond donors (Lipinski definition) is 1. The molecule has 0 saturated carbocycles. The highest BCUT2D eigenvalue weighted by molar-refractivity contribution is 14.1. The number of carbonyl (C=O) groups excluding carboxylic acids is 1. The van der Waals surface area contributed by atoms with Gasteiger partial charge in [-0.15, -0.1) is 0 Å². The first-order valence-electron chi connectivity index (χ1n) is 4.88. The Labute approximate surface area is 112 Å². The molecule has 1 amide bonds. The van der Waals surface area contributed by atoms with Crippen molar-refractivity contribution in [2.45, 2.75) is 19.8 Å². The van der Waals surface area contributed by atoms with E-state index in [2.05, 4.69) is 50.8 Å². The van der Waals surface area contributed by atoms with Gasteiger partial charge in [0.1, 0.15) is 0 Å². The topological polar surface area (TPSA) is 29.1 Å². The molecule has 0 aliphatic heterocycles. The van der Waals surface area contributed by atoms with Crippen LogP contribution in [0.5, 0.6) is 0 Å². The fraction of sp³-hybridized carbons (Fsp3) is 0.364. The van der Waals surface area contributed by atoms with E-state index in [0.717, 1.165) is 33.0 Å². The molecule has 0 heterocycles. The first-order valence-corrected chi connectivity index (χ1v) is 6.75. The molecule has 0 aliphatic carbocycles. The van der Waals surface area contributed by atoms with Crippen LogP contribution in [0.25, 0.3) is 0 Å². The van der Waals surface area contributed by atoms with Crippen LogP contribution in [-0.4, -0.2) is 12.5 Å². The van der Waals surface area contributed by atoms with Crippen molar-refractivity contribution in [3.05, 3.63) is 31.8 Å². The Morgan fingerprint density at radius 3 is 2.93 bits per heavy atom. The highest BCUT2D eigenvalue weighted by Gasteiger charge is 2.09. The molecule has 0 spiro atoms. The zero-order valence-electron chi connectivity index (χ0n) is 8.52. The minimum atomic E-state index is 0.00847. The number of halogens is 2. The van der Waals surface area contributed by atoms with E-state index < -0.39 is 0 Å². The molecule has 1 aromatic carbocycles. The molecule has 1 aromatic rings. The Balaban J connectivity index is 2.68. The van der Waals surface area contributed by atoms with Crippen LogP contribution in [0.2, 0.25) is 0 Å². The molecule has 15 heavy (non-hydrogen) atoms. The zero-order chi connectivity index (χ0) is 11.3. The molecule has 82 valence electrons. The second kappa shape index (κ2) is 6.48. The van der Waals surface area contributed by atoms with Crippen molar-refractivity contribution in [2.24, 2.45) is 0 Å². The molecule has 0 bridgehead atoms. The van der Waals surface area contributed by atoms with Gasteiger partial charge in [-0.2, -0.15) is 0 Å². The van der Waals surface area contributed by atoms with Gasteiger partial charge < -0.3 is 5.32 Å². The fourth-order valence-electron chi connectivity index (χ4n) is 1.15. The highest BCUT2D eigenvalue weighted by atomic mass is 127. The molecule has 0 atom stereocenters. The van der Waals surface area contributed by atoms with Crippen molar-refractivity contribution in [1.82, 2.24) is 5.32 Å². The van der Waals surface area contributed by atoms with Crippen LogP contribution in [0.1, 0.15) is 30.1 Å². The number of hydrogen-bond acceptors (Lipinski definition) is 1. The van der Waals surface area contributed by atoms with Crippen LogP contribution >= 0.6 is 38.5 Å². The molecule has 2 nitrogen and oxygen atoms in total. The third kappa shape index (κ3) is 4.10. The molecule has 0 aromatic heterocycles. The van der Waals surface area contributed by atoms with E-state index in [4.69, 9.17) is 0 Å². The summed E-state index contributed by atoms with van der Waals surface area (Å²) in [4.78, 5) is 11.8. The van der Waals surface area contributed by atoms with Crippen LogP contribution in [0.4, 0.5) is 0 Å². The summed E-state index contributed by atoms with van der Waals surface area (Å²) < 4.78 is 1.91. The Kier molecular flexibility index (Phi) is 5.60. The smallest absolute Gasteiger partial charge is 0.252 e. The summed E-state index contributed by atoms with van der Waals surface area (Å²) in [6.07, 6.45) is 2.12. The summed E-state index contributed by atoms with van der Waals surface area (Å²) in [7, 11) is 0. The van der Waals surface area contributed by atoms with Crippen molar-refractivity contribution in [3.8, 4) is 0 Å². The first kappa shape index (κ1) is 13.0. The van der Waals surface area contributed by atoms with Crippen LogP contribution in [-0.2, 0) is 0 Å². The molecule has 1 rings (SSSR count). The fourth-order valence-corrected chi connectivity index (χ4v) is 2.09. The van der Waals surface area contributed by atoms with Gasteiger partial charge in [-0.3, -0.25) is 4.79 Å². The van der Waals surface area contributed by atoms with E-state index >= 15 is 0 Å². The number of rotatable bonds is 4. The lowest BCUT2D eigenvalue weighted by Crippen LogP contribution is -2.25. The summed E-state index contributed by atoms with van der Waals surface area (Å²) in [6.45, 7) is 2.85. The SMILES string of the molecule is CCCCNC(=O)c1cc(Br)ccc1I. The van der Waals surface area contributed by atoms with Crippen LogP contribution in [0, 0.1) is 3.57 Å². The lowest BCUT2D eigenvalue weighted by atomic mass is 10.2. The van der Waals surface area contributed by atoms with E-state index in [1.807, 2.05) is 18.2 Å². The summed E-state index contributed by atoms with van der Waals surface area (Å²) in [5, 5.41) is 2.90. The van der Waals surface area contributed by atoms with Crippen LogP contribution in [0.15, 0.2) is 22.7 Å². The lowest BCUT2D eigenvalue weighted by Gasteiger charge is -2.06. The number of unbranched alkanes of at least 4 members (excludes halogenated alkanes) is 1. The summed E-state index contributed by atoms with van der Waals surface area (Å²) in [6, 6.07) is 5.72. The van der Waals surface area contributed by atoms with Crippen molar-refractivity contribution in [3.63, 3.8) is 0 Å². The number of carbonyl (C=O) groups is 1. The first-order chi connectivity index (χ1) is 7.15. The Morgan fingerprint density at radius 1 is 1.53 bits per heavy atom. The molecule has 0 unspecified atom stereocenters. The lowest BCUT2D eigenvalue weighted by molar-refractivity contribution is 0.0952. The second-order valence-corrected chi connectivity index (χ2v) is 5.31. The quantitative estimate of drug-likeness (QED) is 0.626. The van der Waals surface area contributed by atoms with Gasteiger partial charge in [-0.25, -0.2) is 0 Å². The minimum Gasteiger partial charge on any atom is -0.352 e. The second-order valence-electron chi connectivity index (χ2n) is 3.23. The van der Waals surface area contributed by atoms with Crippen molar-refractivity contribution in [2.75, 3.05) is 6.54 Å². The Bertz CT molecular complexity index is 354. The number of benzene rings is 1. The summed E-state index contributed by atoms with van der Waals surface area (Å²) in [5.74, 6) is 0.00847. The predicted molar refractivity (Wildman–Crippen MR) is 74.1 cm³/mol. The Morgan fingerprint density at radius 2 is 2.27 bits per heavy atom. The van der Waals surface area contributed by atoms with Gasteiger partial charge >= 0.3 is 0 Å². The molecular formula is C11H13BrINO. The van der Waals surface area contributed by atoms with Crippen LogP contribution in [0.3, 0.4) is 0 Å². The van der Waals surface area contributed by atoms with E-state index in [1.165, 1.54) is 0 Å². The van der Waals surface area contributed by atoms with Crippen molar-refractivity contribution >= 4 is 44.4 Å². The third-order valence-electron chi connectivity index (χ3n) is 1.99. The van der Waals surface area contributed by atoms with Gasteiger partial charge in [-0.1, -0.05) is 29.3 Å². The molecule has 0 aliphatic rings. The van der Waals surface area contributed by atoms with Crippen LogP contribution < -0.4 is 5.32 Å². The molecule has 0 fully saturated rings. The maximum absolute atomic E-state index is 11.8. The maximum atomic E-state index is 11.8. The molecule has 1 N–H and O–H groups in total. The minimum absolute atomic E-state index is 0.00847. The van der Waals surface area contributed by atoms with E-state index in [1.54, 1.807) is 0 Å². The summed E-state index contributed by atoms with van der Waals surface area (Å²) in [5.41, 5.74) is 0.737. The van der Waals surface area contributed by atoms with E-state index in [9.17, 15) is 4.79 Å². The Hall–Kier alpha value is -0.100. The monoisotopic (exact) mass is 381 g/mol. The number of nitrogens with one attached hydrogen (secondary N) is 1. The van der Waals surface area contributed by atoms with Gasteiger partial charge in [0.15, 0.2) is 0 Å². The van der Waals surface area contributed by atoms with Gasteiger partial charge in [0, 0.05) is 14.6 Å². The van der Waals surface area contributed by atoms with Crippen molar-refractivity contribution < 1.29 is 4.79 Å². The van der Waals surface area contributed by atoms with Gasteiger partial charge in [0.2, 0.25) is 0 Å². The molecule has 0 radical (unpaired) electrons. The van der Waals surface area contributed by atoms with E-state index in [-0.39, 0.29) is 5.91 Å². The molecular weight excluding hydrogens is 369 g/mol. The van der Waals surface area contributed by atoms with Gasteiger partial charge in [0.05, 0.1) is 5.56 Å². The highest BCUT2D eigenvalue weighted by Crippen LogP contribution is 2.18. The number of amides is 1. The predicted octanol–water partition coefficient (Wildman–Crippen LogP) is 3.58. The van der Waals surface area contributed by atoms with Gasteiger partial charge in [0.25, 0.3) is 5.91 Å². The van der Waals surface area contributed by atoms with Crippen molar-refractivity contribution in [1.29, 1.82) is 0 Å². The average molecular weight is 382 g/mol. The van der Waals surface area contributed by atoms with E-state index in [0.29, 0.717) is 0 Å². The van der Waals surface area contributed by atoms with Gasteiger partial charge in [-0.05, 0) is 47.2 Å².